The molecule has 1 aliphatic rings. The lowest BCUT2D eigenvalue weighted by Crippen LogP contribution is -2.34. The van der Waals surface area contributed by atoms with E-state index in [-0.39, 0.29) is 6.04 Å². The third-order valence-corrected chi connectivity index (χ3v) is 2.78. The zero-order chi connectivity index (χ0) is 12.3. The summed E-state index contributed by atoms with van der Waals surface area (Å²) in [7, 11) is 0. The molecule has 0 radical (unpaired) electrons. The molecule has 0 spiro atoms. The van der Waals surface area contributed by atoms with Crippen molar-refractivity contribution in [3.63, 3.8) is 0 Å². The maximum atomic E-state index is 9.00. The van der Waals surface area contributed by atoms with Gasteiger partial charge in [-0.2, -0.15) is 5.26 Å². The summed E-state index contributed by atoms with van der Waals surface area (Å²) in [5, 5.41) is 12.3. The van der Waals surface area contributed by atoms with Crippen molar-refractivity contribution < 1.29 is 4.74 Å². The lowest BCUT2D eigenvalue weighted by atomic mass is 10.1. The number of hydrogen-bond acceptors (Lipinski definition) is 3. The van der Waals surface area contributed by atoms with Crippen molar-refractivity contribution in [2.45, 2.75) is 38.8 Å². The molecule has 1 atom stereocenters. The summed E-state index contributed by atoms with van der Waals surface area (Å²) in [6.45, 7) is 4.50. The van der Waals surface area contributed by atoms with Crippen LogP contribution in [0.25, 0.3) is 0 Å². The Morgan fingerprint density at radius 2 is 2.00 bits per heavy atom. The quantitative estimate of drug-likeness (QED) is 0.844. The molecule has 3 heteroatoms. The molecule has 1 fully saturated rings. The molecule has 17 heavy (non-hydrogen) atoms. The van der Waals surface area contributed by atoms with Crippen LogP contribution in [0.15, 0.2) is 18.2 Å². The molecule has 1 unspecified atom stereocenters. The van der Waals surface area contributed by atoms with Gasteiger partial charge in [-0.1, -0.05) is 6.07 Å². The van der Waals surface area contributed by atoms with Gasteiger partial charge in [0.2, 0.25) is 0 Å². The molecule has 1 aromatic carbocycles. The Morgan fingerprint density at radius 3 is 2.53 bits per heavy atom. The first-order valence-electron chi connectivity index (χ1n) is 6.04. The zero-order valence-electron chi connectivity index (χ0n) is 10.4. The molecule has 0 aromatic heterocycles. The summed E-state index contributed by atoms with van der Waals surface area (Å²) in [5.74, 6) is 0.848. The second-order valence-corrected chi connectivity index (χ2v) is 4.76. The molecular weight excluding hydrogens is 212 g/mol. The molecular formula is C14H18N2O. The maximum absolute atomic E-state index is 9.00. The van der Waals surface area contributed by atoms with E-state index in [0.29, 0.717) is 12.6 Å². The van der Waals surface area contributed by atoms with Gasteiger partial charge in [0.15, 0.2) is 0 Å². The lowest BCUT2D eigenvalue weighted by Gasteiger charge is -2.13. The molecule has 1 aliphatic carbocycles. The van der Waals surface area contributed by atoms with Crippen molar-refractivity contribution in [1.29, 1.82) is 5.26 Å². The van der Waals surface area contributed by atoms with Gasteiger partial charge in [0.25, 0.3) is 0 Å². The number of nitriles is 1. The predicted octanol–water partition coefficient (Wildman–Crippen LogP) is 2.33. The van der Waals surface area contributed by atoms with Crippen LogP contribution in [0.2, 0.25) is 0 Å². The molecule has 0 bridgehead atoms. The van der Waals surface area contributed by atoms with Crippen LogP contribution in [0.3, 0.4) is 0 Å². The number of rotatable bonds is 5. The number of benzene rings is 1. The minimum atomic E-state index is -0.205. The minimum Gasteiger partial charge on any atom is -0.491 e. The first kappa shape index (κ1) is 11.9. The first-order chi connectivity index (χ1) is 8.17. The third-order valence-electron chi connectivity index (χ3n) is 2.78. The first-order valence-corrected chi connectivity index (χ1v) is 6.04. The van der Waals surface area contributed by atoms with E-state index in [1.165, 1.54) is 24.0 Å². The smallest absolute Gasteiger partial charge is 0.130 e. The van der Waals surface area contributed by atoms with Gasteiger partial charge in [-0.3, -0.25) is 5.32 Å². The van der Waals surface area contributed by atoms with Gasteiger partial charge in [0.1, 0.15) is 18.4 Å². The van der Waals surface area contributed by atoms with Gasteiger partial charge < -0.3 is 4.74 Å². The summed E-state index contributed by atoms with van der Waals surface area (Å²) < 4.78 is 5.66. The molecule has 2 rings (SSSR count). The summed E-state index contributed by atoms with van der Waals surface area (Å²) >= 11 is 0. The summed E-state index contributed by atoms with van der Waals surface area (Å²) in [4.78, 5) is 0. The van der Waals surface area contributed by atoms with E-state index in [2.05, 4.69) is 17.5 Å². The van der Waals surface area contributed by atoms with E-state index >= 15 is 0 Å². The van der Waals surface area contributed by atoms with E-state index in [4.69, 9.17) is 10.00 Å². The van der Waals surface area contributed by atoms with Crippen LogP contribution in [0.5, 0.6) is 5.75 Å². The fourth-order valence-electron chi connectivity index (χ4n) is 1.85. The molecule has 0 amide bonds. The minimum absolute atomic E-state index is 0.205. The second-order valence-electron chi connectivity index (χ2n) is 4.76. The van der Waals surface area contributed by atoms with Crippen molar-refractivity contribution in [3.8, 4) is 11.8 Å². The SMILES string of the molecule is Cc1cc(C)cc(OCC(C#N)NC2CC2)c1. The van der Waals surface area contributed by atoms with Crippen LogP contribution in [0.1, 0.15) is 24.0 Å². The molecule has 1 aromatic rings. The number of nitrogens with zero attached hydrogens (tertiary/aromatic N) is 1. The Labute approximate surface area is 102 Å². The van der Waals surface area contributed by atoms with E-state index in [0.717, 1.165) is 5.75 Å². The van der Waals surface area contributed by atoms with Crippen molar-refractivity contribution in [1.82, 2.24) is 5.32 Å². The van der Waals surface area contributed by atoms with Crippen LogP contribution in [-0.2, 0) is 0 Å². The number of nitrogens with one attached hydrogen (secondary N) is 1. The Kier molecular flexibility index (Phi) is 3.65. The standard InChI is InChI=1S/C14H18N2O/c1-10-5-11(2)7-14(6-10)17-9-13(8-15)16-12-3-4-12/h5-7,12-13,16H,3-4,9H2,1-2H3. The zero-order valence-corrected chi connectivity index (χ0v) is 10.4. The molecule has 1 N–H and O–H groups in total. The molecule has 0 saturated heterocycles. The maximum Gasteiger partial charge on any atom is 0.130 e. The number of ether oxygens (including phenoxy) is 1. The molecule has 0 heterocycles. The Bertz CT molecular complexity index is 412. The lowest BCUT2D eigenvalue weighted by molar-refractivity contribution is 0.288. The normalized spacial score (nSPS) is 16.3. The average Bonchev–Trinajstić information content (AvgIpc) is 3.06. The third kappa shape index (κ3) is 3.76. The largest absolute Gasteiger partial charge is 0.491 e. The van der Waals surface area contributed by atoms with E-state index in [1.807, 2.05) is 26.0 Å². The van der Waals surface area contributed by atoms with E-state index < -0.39 is 0 Å². The van der Waals surface area contributed by atoms with Crippen LogP contribution < -0.4 is 10.1 Å². The Morgan fingerprint density at radius 1 is 1.35 bits per heavy atom. The van der Waals surface area contributed by atoms with Crippen molar-refractivity contribution in [2.75, 3.05) is 6.61 Å². The molecule has 90 valence electrons. The van der Waals surface area contributed by atoms with Gasteiger partial charge >= 0.3 is 0 Å². The fraction of sp³-hybridized carbons (Fsp3) is 0.500. The molecule has 1 saturated carbocycles. The van der Waals surface area contributed by atoms with Gasteiger partial charge in [-0.05, 0) is 49.9 Å². The highest BCUT2D eigenvalue weighted by Gasteiger charge is 2.24. The van der Waals surface area contributed by atoms with Crippen LogP contribution >= 0.6 is 0 Å². The summed E-state index contributed by atoms with van der Waals surface area (Å²) in [6.07, 6.45) is 2.36. The fourth-order valence-corrected chi connectivity index (χ4v) is 1.85. The Hall–Kier alpha value is -1.53. The highest BCUT2D eigenvalue weighted by Crippen LogP contribution is 2.20. The summed E-state index contributed by atoms with van der Waals surface area (Å²) in [5.41, 5.74) is 2.37. The van der Waals surface area contributed by atoms with Crippen LogP contribution in [-0.4, -0.2) is 18.7 Å². The van der Waals surface area contributed by atoms with Crippen molar-refractivity contribution in [2.24, 2.45) is 0 Å². The predicted molar refractivity (Wildman–Crippen MR) is 67.0 cm³/mol. The molecule has 0 aliphatic heterocycles. The number of hydrogen-bond donors (Lipinski definition) is 1. The average molecular weight is 230 g/mol. The van der Waals surface area contributed by atoms with Gasteiger partial charge in [0.05, 0.1) is 6.07 Å². The van der Waals surface area contributed by atoms with E-state index in [9.17, 15) is 0 Å². The van der Waals surface area contributed by atoms with E-state index in [1.54, 1.807) is 0 Å². The molecule has 3 nitrogen and oxygen atoms in total. The van der Waals surface area contributed by atoms with Crippen LogP contribution in [0.4, 0.5) is 0 Å². The highest BCUT2D eigenvalue weighted by molar-refractivity contribution is 5.33. The monoisotopic (exact) mass is 230 g/mol. The van der Waals surface area contributed by atoms with Crippen LogP contribution in [0, 0.1) is 25.2 Å². The van der Waals surface area contributed by atoms with Gasteiger partial charge in [0, 0.05) is 6.04 Å². The van der Waals surface area contributed by atoms with Crippen molar-refractivity contribution in [3.05, 3.63) is 29.3 Å². The van der Waals surface area contributed by atoms with Gasteiger partial charge in [-0.25, -0.2) is 0 Å². The van der Waals surface area contributed by atoms with Crippen molar-refractivity contribution >= 4 is 0 Å². The van der Waals surface area contributed by atoms with Gasteiger partial charge in [-0.15, -0.1) is 0 Å². The topological polar surface area (TPSA) is 45.0 Å². The summed E-state index contributed by atoms with van der Waals surface area (Å²) in [6, 6.07) is 8.67. The second kappa shape index (κ2) is 5.20. The number of aryl methyl sites for hydroxylation is 2. The Balaban J connectivity index is 1.89. The highest BCUT2D eigenvalue weighted by atomic mass is 16.5.